The third kappa shape index (κ3) is 9.26. The summed E-state index contributed by atoms with van der Waals surface area (Å²) < 4.78 is 35.1. The number of likely N-dealkylation sites (tertiary alicyclic amines) is 1. The zero-order valence-corrected chi connectivity index (χ0v) is 30.2. The molecule has 13 heteroatoms. The van der Waals surface area contributed by atoms with Gasteiger partial charge < -0.3 is 20.3 Å². The maximum absolute atomic E-state index is 14.2. The monoisotopic (exact) mass is 728 g/mol. The molecule has 2 aliphatic heterocycles. The summed E-state index contributed by atoms with van der Waals surface area (Å²) in [5, 5.41) is 6.11. The highest BCUT2D eigenvalue weighted by Crippen LogP contribution is 2.47. The van der Waals surface area contributed by atoms with Crippen LogP contribution in [0.25, 0.3) is 11.1 Å². The molecule has 2 N–H and O–H groups in total. The lowest BCUT2D eigenvalue weighted by molar-refractivity contribution is -0.126. The van der Waals surface area contributed by atoms with Gasteiger partial charge in [-0.25, -0.2) is 13.2 Å². The van der Waals surface area contributed by atoms with Gasteiger partial charge in [-0.05, 0) is 80.8 Å². The van der Waals surface area contributed by atoms with Crippen LogP contribution in [0.1, 0.15) is 63.6 Å². The van der Waals surface area contributed by atoms with Gasteiger partial charge in [-0.2, -0.15) is 0 Å². The largest absolute Gasteiger partial charge is 0.444 e. The van der Waals surface area contributed by atoms with Gasteiger partial charge in [0.15, 0.2) is 0 Å². The van der Waals surface area contributed by atoms with Crippen molar-refractivity contribution in [2.75, 3.05) is 30.5 Å². The quantitative estimate of drug-likeness (QED) is 0.239. The van der Waals surface area contributed by atoms with Gasteiger partial charge in [0.05, 0.1) is 40.5 Å². The molecule has 1 unspecified atom stereocenters. The van der Waals surface area contributed by atoms with Crippen molar-refractivity contribution in [2.45, 2.75) is 63.9 Å². The fourth-order valence-corrected chi connectivity index (χ4v) is 8.40. The van der Waals surface area contributed by atoms with Gasteiger partial charge in [-0.1, -0.05) is 71.7 Å². The molecule has 0 aliphatic carbocycles. The molecule has 0 radical (unpaired) electrons. The van der Waals surface area contributed by atoms with Gasteiger partial charge in [0.2, 0.25) is 21.8 Å². The van der Waals surface area contributed by atoms with E-state index in [2.05, 4.69) is 10.6 Å². The zero-order chi connectivity index (χ0) is 35.3. The molecule has 49 heavy (non-hydrogen) atoms. The normalized spacial score (nSPS) is 16.4. The van der Waals surface area contributed by atoms with Crippen LogP contribution in [-0.2, 0) is 30.1 Å². The van der Waals surface area contributed by atoms with E-state index >= 15 is 0 Å². The topological polar surface area (TPSA) is 125 Å². The van der Waals surface area contributed by atoms with Crippen molar-refractivity contribution in [3.05, 3.63) is 87.9 Å². The van der Waals surface area contributed by atoms with Crippen LogP contribution < -0.4 is 14.9 Å². The number of para-hydroxylation sites is 1. The number of nitrogens with zero attached hydrogens (tertiary/aromatic N) is 2. The van der Waals surface area contributed by atoms with Crippen molar-refractivity contribution in [1.29, 1.82) is 0 Å². The molecule has 5 rings (SSSR count). The summed E-state index contributed by atoms with van der Waals surface area (Å²) in [7, 11) is -4.04. The number of carbonyl (C=O) groups excluding carboxylic acids is 3. The molecule has 262 valence electrons. The molecule has 0 bridgehead atoms. The van der Waals surface area contributed by atoms with Crippen molar-refractivity contribution in [3.8, 4) is 11.1 Å². The van der Waals surface area contributed by atoms with E-state index in [9.17, 15) is 22.8 Å². The lowest BCUT2D eigenvalue weighted by Crippen LogP contribution is -2.43. The third-order valence-corrected chi connectivity index (χ3v) is 11.1. The van der Waals surface area contributed by atoms with Crippen molar-refractivity contribution in [1.82, 2.24) is 15.5 Å². The summed E-state index contributed by atoms with van der Waals surface area (Å²) in [6.45, 7) is 6.96. The predicted molar refractivity (Wildman–Crippen MR) is 192 cm³/mol. The van der Waals surface area contributed by atoms with Crippen LogP contribution in [0.2, 0.25) is 10.0 Å². The lowest BCUT2D eigenvalue weighted by atomic mass is 9.88. The number of amides is 3. The Bertz CT molecular complexity index is 1800. The fourth-order valence-electron chi connectivity index (χ4n) is 6.30. The minimum absolute atomic E-state index is 0.199. The van der Waals surface area contributed by atoms with E-state index in [0.717, 1.165) is 30.4 Å². The van der Waals surface area contributed by atoms with Crippen LogP contribution in [-0.4, -0.2) is 63.0 Å². The van der Waals surface area contributed by atoms with Crippen LogP contribution >= 0.6 is 23.2 Å². The smallest absolute Gasteiger partial charge is 0.410 e. The number of ether oxygens (including phenoxy) is 1. The second-order valence-corrected chi connectivity index (χ2v) is 16.1. The van der Waals surface area contributed by atoms with Crippen LogP contribution in [0.4, 0.5) is 10.5 Å². The Kier molecular flexibility index (Phi) is 11.5. The van der Waals surface area contributed by atoms with Crippen LogP contribution in [0.3, 0.4) is 0 Å². The Morgan fingerprint density at radius 1 is 0.878 bits per heavy atom. The van der Waals surface area contributed by atoms with E-state index in [4.69, 9.17) is 27.9 Å². The van der Waals surface area contributed by atoms with E-state index in [1.54, 1.807) is 29.2 Å². The highest BCUT2D eigenvalue weighted by molar-refractivity contribution is 7.92. The van der Waals surface area contributed by atoms with E-state index in [-0.39, 0.29) is 35.7 Å². The van der Waals surface area contributed by atoms with E-state index < -0.39 is 27.6 Å². The van der Waals surface area contributed by atoms with Crippen LogP contribution in [0.5, 0.6) is 0 Å². The summed E-state index contributed by atoms with van der Waals surface area (Å²) in [6, 6.07) is 18.5. The predicted octanol–water partition coefficient (Wildman–Crippen LogP) is 6.71. The van der Waals surface area contributed by atoms with Crippen molar-refractivity contribution >= 4 is 56.8 Å². The van der Waals surface area contributed by atoms with Crippen LogP contribution in [0.15, 0.2) is 66.7 Å². The Balaban J connectivity index is 1.20. The van der Waals surface area contributed by atoms with Gasteiger partial charge in [-0.15, -0.1) is 0 Å². The number of carbonyl (C=O) groups is 3. The molecule has 0 spiro atoms. The molecular weight excluding hydrogens is 687 g/mol. The second kappa shape index (κ2) is 15.4. The number of nitrogens with one attached hydrogen (secondary N) is 2. The number of rotatable bonds is 10. The molecule has 0 saturated carbocycles. The van der Waals surface area contributed by atoms with Crippen molar-refractivity contribution in [3.63, 3.8) is 0 Å². The summed E-state index contributed by atoms with van der Waals surface area (Å²) in [5.74, 6) is -0.794. The van der Waals surface area contributed by atoms with Gasteiger partial charge >= 0.3 is 6.09 Å². The first-order valence-corrected chi connectivity index (χ1v) is 18.7. The number of hydrogen-bond donors (Lipinski definition) is 2. The van der Waals surface area contributed by atoms with E-state index in [0.29, 0.717) is 47.4 Å². The average molecular weight is 730 g/mol. The number of halogens is 2. The molecule has 0 aromatic heterocycles. The van der Waals surface area contributed by atoms with Gasteiger partial charge in [0, 0.05) is 25.2 Å². The first-order chi connectivity index (χ1) is 23.2. The Morgan fingerprint density at radius 3 is 2.24 bits per heavy atom. The summed E-state index contributed by atoms with van der Waals surface area (Å²) in [5.41, 5.74) is 2.66. The molecule has 1 saturated heterocycles. The highest BCUT2D eigenvalue weighted by Gasteiger charge is 2.39. The van der Waals surface area contributed by atoms with Gasteiger partial charge in [-0.3, -0.25) is 13.9 Å². The Hall–Kier alpha value is -3.80. The zero-order valence-electron chi connectivity index (χ0n) is 27.9. The van der Waals surface area contributed by atoms with Crippen LogP contribution in [0, 0.1) is 5.92 Å². The number of hydrogen-bond acceptors (Lipinski definition) is 6. The first-order valence-electron chi connectivity index (χ1n) is 16.4. The second-order valence-electron chi connectivity index (χ2n) is 13.5. The lowest BCUT2D eigenvalue weighted by Gasteiger charge is -2.39. The number of piperidine rings is 1. The molecule has 1 fully saturated rings. The number of fused-ring (bicyclic) bond motifs is 3. The van der Waals surface area contributed by atoms with Crippen molar-refractivity contribution in [2.24, 2.45) is 5.92 Å². The van der Waals surface area contributed by atoms with E-state index in [1.807, 2.05) is 57.2 Å². The highest BCUT2D eigenvalue weighted by atomic mass is 35.5. The SMILES string of the molecule is CC(C)(C)OC(=O)N1CCC(CCNC(=O)CNC(=O)CC2c3ccccc3-c3ccccc3N2S(=O)(=O)Cc2ccc(Cl)c(Cl)c2)CC1. The average Bonchev–Trinajstić information content (AvgIpc) is 3.05. The number of sulfonamides is 1. The molecule has 1 atom stereocenters. The standard InChI is InChI=1S/C36H42Cl2N4O6S/c1-36(2,3)48-35(45)41-18-15-24(16-19-41)14-17-39-34(44)22-40-33(43)21-32-28-10-5-4-8-26(28)27-9-6-7-11-31(27)42(32)49(46,47)23-25-12-13-29(37)30(38)20-25/h4-13,20,24,32H,14-19,21-23H2,1-3H3,(H,39,44)(H,40,43). The molecule has 3 aromatic rings. The Labute approximate surface area is 298 Å². The molecular formula is C36H42Cl2N4O6S. The minimum atomic E-state index is -4.04. The van der Waals surface area contributed by atoms with Gasteiger partial charge in [0.1, 0.15) is 5.60 Å². The van der Waals surface area contributed by atoms with E-state index in [1.165, 1.54) is 10.4 Å². The third-order valence-electron chi connectivity index (χ3n) is 8.63. The molecule has 2 aliphatic rings. The Morgan fingerprint density at radius 2 is 1.55 bits per heavy atom. The summed E-state index contributed by atoms with van der Waals surface area (Å²) in [6.07, 6.45) is 1.90. The van der Waals surface area contributed by atoms with Gasteiger partial charge in [0.25, 0.3) is 0 Å². The maximum atomic E-state index is 14.2. The summed E-state index contributed by atoms with van der Waals surface area (Å²) >= 11 is 12.3. The fraction of sp³-hybridized carbons (Fsp3) is 0.417. The maximum Gasteiger partial charge on any atom is 0.410 e. The minimum Gasteiger partial charge on any atom is -0.444 e. The molecule has 3 amide bonds. The first kappa shape index (κ1) is 36.5. The number of anilines is 1. The number of benzene rings is 3. The molecule has 10 nitrogen and oxygen atoms in total. The molecule has 3 aromatic carbocycles. The van der Waals surface area contributed by atoms with Crippen molar-refractivity contribution < 1.29 is 27.5 Å². The summed E-state index contributed by atoms with van der Waals surface area (Å²) in [4.78, 5) is 40.1. The molecule has 2 heterocycles.